The van der Waals surface area contributed by atoms with Crippen LogP contribution in [0.15, 0.2) is 11.6 Å². The number of nitrogens with zero attached hydrogens (tertiary/aromatic N) is 1. The fourth-order valence-electron chi connectivity index (χ4n) is 2.73. The predicted molar refractivity (Wildman–Crippen MR) is 76.9 cm³/mol. The third-order valence-electron chi connectivity index (χ3n) is 3.72. The molecule has 110 valence electrons. The monoisotopic (exact) mass is 297 g/mol. The van der Waals surface area contributed by atoms with Crippen molar-refractivity contribution < 1.29 is 14.7 Å². The number of carboxylic acid groups (broad SMARTS) is 1. The summed E-state index contributed by atoms with van der Waals surface area (Å²) in [6.45, 7) is 0.399. The zero-order chi connectivity index (χ0) is 14.4. The number of carbonyl (C=O) groups is 2. The molecule has 2 rings (SSSR count). The minimum atomic E-state index is -0.797. The number of hydrogen-bond donors (Lipinski definition) is 3. The number of amides is 2. The summed E-state index contributed by atoms with van der Waals surface area (Å²) in [6.07, 6.45) is 6.66. The largest absolute Gasteiger partial charge is 0.481 e. The number of carboxylic acids is 1. The van der Waals surface area contributed by atoms with Crippen molar-refractivity contribution in [2.24, 2.45) is 5.41 Å². The molecule has 0 bridgehead atoms. The van der Waals surface area contributed by atoms with Crippen LogP contribution in [0, 0.1) is 5.41 Å². The van der Waals surface area contributed by atoms with Gasteiger partial charge in [0.05, 0.1) is 6.42 Å². The summed E-state index contributed by atoms with van der Waals surface area (Å²) in [5, 5.41) is 16.8. The lowest BCUT2D eigenvalue weighted by molar-refractivity contribution is -0.140. The molecule has 0 aromatic carbocycles. The van der Waals surface area contributed by atoms with Gasteiger partial charge in [-0.05, 0) is 18.3 Å². The first kappa shape index (κ1) is 14.8. The van der Waals surface area contributed by atoms with E-state index in [-0.39, 0.29) is 17.9 Å². The van der Waals surface area contributed by atoms with E-state index in [1.807, 2.05) is 0 Å². The van der Waals surface area contributed by atoms with E-state index in [9.17, 15) is 9.59 Å². The molecule has 7 heteroatoms. The lowest BCUT2D eigenvalue weighted by Gasteiger charge is -2.36. The zero-order valence-electron chi connectivity index (χ0n) is 11.2. The molecule has 0 radical (unpaired) electrons. The van der Waals surface area contributed by atoms with Gasteiger partial charge in [0.15, 0.2) is 5.13 Å². The Labute approximate surface area is 121 Å². The van der Waals surface area contributed by atoms with Gasteiger partial charge in [-0.2, -0.15) is 0 Å². The molecule has 1 aromatic rings. The van der Waals surface area contributed by atoms with Crippen LogP contribution >= 0.6 is 11.3 Å². The third kappa shape index (κ3) is 4.19. The Morgan fingerprint density at radius 1 is 1.35 bits per heavy atom. The van der Waals surface area contributed by atoms with E-state index < -0.39 is 5.97 Å². The van der Waals surface area contributed by atoms with Gasteiger partial charge < -0.3 is 10.4 Å². The molecule has 0 spiro atoms. The molecule has 1 fully saturated rings. The van der Waals surface area contributed by atoms with Gasteiger partial charge in [0.1, 0.15) is 0 Å². The van der Waals surface area contributed by atoms with E-state index in [0.717, 1.165) is 32.1 Å². The van der Waals surface area contributed by atoms with Crippen molar-refractivity contribution in [3.8, 4) is 0 Å². The quantitative estimate of drug-likeness (QED) is 0.779. The van der Waals surface area contributed by atoms with Crippen molar-refractivity contribution in [2.75, 3.05) is 11.9 Å². The Hall–Kier alpha value is -1.63. The fraction of sp³-hybridized carbons (Fsp3) is 0.615. The maximum Gasteiger partial charge on any atom is 0.321 e. The second-order valence-corrected chi connectivity index (χ2v) is 6.17. The van der Waals surface area contributed by atoms with Crippen LogP contribution in [0.4, 0.5) is 9.93 Å². The molecular weight excluding hydrogens is 278 g/mol. The summed E-state index contributed by atoms with van der Waals surface area (Å²) < 4.78 is 0. The average molecular weight is 297 g/mol. The Morgan fingerprint density at radius 3 is 2.70 bits per heavy atom. The van der Waals surface area contributed by atoms with Gasteiger partial charge in [0.25, 0.3) is 0 Å². The summed E-state index contributed by atoms with van der Waals surface area (Å²) in [7, 11) is 0. The van der Waals surface area contributed by atoms with E-state index in [2.05, 4.69) is 15.6 Å². The van der Waals surface area contributed by atoms with Crippen LogP contribution < -0.4 is 10.6 Å². The van der Waals surface area contributed by atoms with Crippen LogP contribution in [0.1, 0.15) is 38.5 Å². The molecular formula is C13H19N3O3S. The number of anilines is 1. The van der Waals surface area contributed by atoms with Gasteiger partial charge in [0, 0.05) is 18.1 Å². The Kier molecular flexibility index (Phi) is 4.94. The van der Waals surface area contributed by atoms with Gasteiger partial charge in [-0.3, -0.25) is 10.1 Å². The molecule has 3 N–H and O–H groups in total. The molecule has 0 saturated heterocycles. The van der Waals surface area contributed by atoms with Gasteiger partial charge in [-0.25, -0.2) is 9.78 Å². The van der Waals surface area contributed by atoms with Crippen molar-refractivity contribution >= 4 is 28.5 Å². The molecule has 1 aliphatic rings. The van der Waals surface area contributed by atoms with Crippen molar-refractivity contribution in [3.05, 3.63) is 11.6 Å². The first-order valence-electron chi connectivity index (χ1n) is 6.76. The molecule has 1 heterocycles. The van der Waals surface area contributed by atoms with Crippen LogP contribution in [0.3, 0.4) is 0 Å². The van der Waals surface area contributed by atoms with Crippen LogP contribution in [-0.2, 0) is 4.79 Å². The predicted octanol–water partition coefficient (Wildman–Crippen LogP) is 2.69. The molecule has 6 nitrogen and oxygen atoms in total. The molecule has 0 atom stereocenters. The van der Waals surface area contributed by atoms with Gasteiger partial charge >= 0.3 is 12.0 Å². The van der Waals surface area contributed by atoms with E-state index in [1.165, 1.54) is 11.3 Å². The lowest BCUT2D eigenvalue weighted by Crippen LogP contribution is -2.42. The van der Waals surface area contributed by atoms with Crippen molar-refractivity contribution in [2.45, 2.75) is 38.5 Å². The molecule has 1 aliphatic carbocycles. The molecule has 20 heavy (non-hydrogen) atoms. The van der Waals surface area contributed by atoms with E-state index in [1.54, 1.807) is 11.6 Å². The van der Waals surface area contributed by atoms with E-state index >= 15 is 0 Å². The standard InChI is InChI=1S/C13H19N3O3S/c17-10(18)8-13(4-2-1-3-5-13)9-15-11(19)16-12-14-6-7-20-12/h6-7H,1-5,8-9H2,(H,17,18)(H2,14,15,16,19). The molecule has 1 saturated carbocycles. The molecule has 2 amide bonds. The minimum absolute atomic E-state index is 0.116. The van der Waals surface area contributed by atoms with Crippen LogP contribution in [-0.4, -0.2) is 28.6 Å². The van der Waals surface area contributed by atoms with Crippen molar-refractivity contribution in [3.63, 3.8) is 0 Å². The number of nitrogens with one attached hydrogen (secondary N) is 2. The fourth-order valence-corrected chi connectivity index (χ4v) is 3.26. The Balaban J connectivity index is 1.87. The highest BCUT2D eigenvalue weighted by Gasteiger charge is 2.34. The summed E-state index contributed by atoms with van der Waals surface area (Å²) in [5.74, 6) is -0.797. The summed E-state index contributed by atoms with van der Waals surface area (Å²) in [5.41, 5.74) is -0.301. The second kappa shape index (κ2) is 6.69. The molecule has 0 aliphatic heterocycles. The Bertz CT molecular complexity index is 455. The molecule has 1 aromatic heterocycles. The smallest absolute Gasteiger partial charge is 0.321 e. The summed E-state index contributed by atoms with van der Waals surface area (Å²) >= 11 is 1.35. The van der Waals surface area contributed by atoms with E-state index in [0.29, 0.717) is 11.7 Å². The highest BCUT2D eigenvalue weighted by Crippen LogP contribution is 2.38. The number of urea groups is 1. The van der Waals surface area contributed by atoms with Gasteiger partial charge in [-0.1, -0.05) is 19.3 Å². The highest BCUT2D eigenvalue weighted by molar-refractivity contribution is 7.13. The number of hydrogen-bond acceptors (Lipinski definition) is 4. The third-order valence-corrected chi connectivity index (χ3v) is 4.41. The summed E-state index contributed by atoms with van der Waals surface area (Å²) in [6, 6.07) is -0.324. The number of rotatable bonds is 5. The highest BCUT2D eigenvalue weighted by atomic mass is 32.1. The summed E-state index contributed by atoms with van der Waals surface area (Å²) in [4.78, 5) is 26.8. The van der Waals surface area contributed by atoms with Gasteiger partial charge in [-0.15, -0.1) is 11.3 Å². The van der Waals surface area contributed by atoms with Crippen LogP contribution in [0.2, 0.25) is 0 Å². The topological polar surface area (TPSA) is 91.3 Å². The number of thiazole rings is 1. The zero-order valence-corrected chi connectivity index (χ0v) is 12.0. The SMILES string of the molecule is O=C(O)CC1(CNC(=O)Nc2nccs2)CCCCC1. The Morgan fingerprint density at radius 2 is 2.10 bits per heavy atom. The minimum Gasteiger partial charge on any atom is -0.481 e. The van der Waals surface area contributed by atoms with E-state index in [4.69, 9.17) is 5.11 Å². The number of aromatic nitrogens is 1. The number of carbonyl (C=O) groups excluding carboxylic acids is 1. The maximum absolute atomic E-state index is 11.8. The first-order valence-corrected chi connectivity index (χ1v) is 7.64. The normalized spacial score (nSPS) is 17.4. The second-order valence-electron chi connectivity index (χ2n) is 5.28. The van der Waals surface area contributed by atoms with Crippen molar-refractivity contribution in [1.82, 2.24) is 10.3 Å². The maximum atomic E-state index is 11.8. The average Bonchev–Trinajstić information content (AvgIpc) is 2.90. The lowest BCUT2D eigenvalue weighted by atomic mass is 9.72. The van der Waals surface area contributed by atoms with Crippen LogP contribution in [0.5, 0.6) is 0 Å². The number of aliphatic carboxylic acids is 1. The van der Waals surface area contributed by atoms with Crippen LogP contribution in [0.25, 0.3) is 0 Å². The first-order chi connectivity index (χ1) is 9.60. The molecule has 0 unspecified atom stereocenters. The van der Waals surface area contributed by atoms with Gasteiger partial charge in [0.2, 0.25) is 0 Å². The van der Waals surface area contributed by atoms with Crippen molar-refractivity contribution in [1.29, 1.82) is 0 Å².